The van der Waals surface area contributed by atoms with Gasteiger partial charge in [0.15, 0.2) is 11.6 Å². The molecule has 18 heavy (non-hydrogen) atoms. The third-order valence-corrected chi connectivity index (χ3v) is 3.79. The van der Waals surface area contributed by atoms with Gasteiger partial charge in [0.25, 0.3) is 0 Å². The quantitative estimate of drug-likeness (QED) is 0.900. The SMILES string of the molecule is CCc1ccsc1CNc1ncnc(CC)c1F. The molecule has 0 atom stereocenters. The van der Waals surface area contributed by atoms with E-state index in [0.29, 0.717) is 18.7 Å². The van der Waals surface area contributed by atoms with E-state index in [9.17, 15) is 4.39 Å². The highest BCUT2D eigenvalue weighted by Gasteiger charge is 2.10. The fraction of sp³-hybridized carbons (Fsp3) is 0.385. The number of hydrogen-bond donors (Lipinski definition) is 1. The van der Waals surface area contributed by atoms with E-state index >= 15 is 0 Å². The highest BCUT2D eigenvalue weighted by molar-refractivity contribution is 7.10. The van der Waals surface area contributed by atoms with Gasteiger partial charge >= 0.3 is 0 Å². The lowest BCUT2D eigenvalue weighted by molar-refractivity contribution is 0.596. The number of thiophene rings is 1. The van der Waals surface area contributed by atoms with Crippen LogP contribution in [0.1, 0.15) is 30.0 Å². The van der Waals surface area contributed by atoms with Gasteiger partial charge in [-0.1, -0.05) is 13.8 Å². The van der Waals surface area contributed by atoms with Gasteiger partial charge in [0.05, 0.1) is 12.2 Å². The van der Waals surface area contributed by atoms with Crippen LogP contribution in [0.3, 0.4) is 0 Å². The van der Waals surface area contributed by atoms with Crippen molar-refractivity contribution in [2.75, 3.05) is 5.32 Å². The smallest absolute Gasteiger partial charge is 0.186 e. The molecule has 0 radical (unpaired) electrons. The fourth-order valence-electron chi connectivity index (χ4n) is 1.78. The van der Waals surface area contributed by atoms with Crippen LogP contribution < -0.4 is 5.32 Å². The summed E-state index contributed by atoms with van der Waals surface area (Å²) in [7, 11) is 0. The number of halogens is 1. The molecule has 0 aliphatic heterocycles. The highest BCUT2D eigenvalue weighted by Crippen LogP contribution is 2.20. The van der Waals surface area contributed by atoms with Crippen LogP contribution in [0.4, 0.5) is 10.2 Å². The average Bonchev–Trinajstić information content (AvgIpc) is 2.85. The Bertz CT molecular complexity index is 525. The lowest BCUT2D eigenvalue weighted by atomic mass is 10.2. The van der Waals surface area contributed by atoms with Crippen molar-refractivity contribution in [3.63, 3.8) is 0 Å². The van der Waals surface area contributed by atoms with Crippen LogP contribution in [0, 0.1) is 5.82 Å². The van der Waals surface area contributed by atoms with E-state index in [0.717, 1.165) is 6.42 Å². The predicted octanol–water partition coefficient (Wildman–Crippen LogP) is 3.41. The number of aromatic nitrogens is 2. The summed E-state index contributed by atoms with van der Waals surface area (Å²) in [5.41, 5.74) is 1.76. The highest BCUT2D eigenvalue weighted by atomic mass is 32.1. The molecular weight excluding hydrogens is 249 g/mol. The van der Waals surface area contributed by atoms with Crippen LogP contribution in [-0.2, 0) is 19.4 Å². The van der Waals surface area contributed by atoms with E-state index in [2.05, 4.69) is 33.7 Å². The number of nitrogens with zero attached hydrogens (tertiary/aromatic N) is 2. The van der Waals surface area contributed by atoms with Gasteiger partial charge < -0.3 is 5.32 Å². The minimum Gasteiger partial charge on any atom is -0.363 e. The third kappa shape index (κ3) is 2.67. The molecule has 2 heterocycles. The molecule has 0 aliphatic rings. The zero-order chi connectivity index (χ0) is 13.0. The maximum Gasteiger partial charge on any atom is 0.186 e. The summed E-state index contributed by atoms with van der Waals surface area (Å²) < 4.78 is 13.9. The van der Waals surface area contributed by atoms with Gasteiger partial charge in [-0.3, -0.25) is 0 Å². The molecule has 3 nitrogen and oxygen atoms in total. The third-order valence-electron chi connectivity index (χ3n) is 2.83. The zero-order valence-corrected chi connectivity index (χ0v) is 11.4. The van der Waals surface area contributed by atoms with Crippen molar-refractivity contribution < 1.29 is 4.39 Å². The molecule has 0 fully saturated rings. The topological polar surface area (TPSA) is 37.8 Å². The Morgan fingerprint density at radius 1 is 1.28 bits per heavy atom. The molecule has 0 bridgehead atoms. The first-order valence-electron chi connectivity index (χ1n) is 6.04. The lowest BCUT2D eigenvalue weighted by Gasteiger charge is -2.08. The van der Waals surface area contributed by atoms with E-state index in [-0.39, 0.29) is 11.6 Å². The molecule has 0 saturated carbocycles. The summed E-state index contributed by atoms with van der Waals surface area (Å²) in [4.78, 5) is 9.09. The lowest BCUT2D eigenvalue weighted by Crippen LogP contribution is -2.06. The minimum atomic E-state index is -0.338. The summed E-state index contributed by atoms with van der Waals surface area (Å²) in [6.45, 7) is 4.60. The number of anilines is 1. The number of nitrogens with one attached hydrogen (secondary N) is 1. The van der Waals surface area contributed by atoms with E-state index in [4.69, 9.17) is 0 Å². The molecule has 2 rings (SSSR count). The maximum atomic E-state index is 13.9. The summed E-state index contributed by atoms with van der Waals surface area (Å²) >= 11 is 1.68. The van der Waals surface area contributed by atoms with Crippen molar-refractivity contribution in [2.24, 2.45) is 0 Å². The zero-order valence-electron chi connectivity index (χ0n) is 10.5. The van der Waals surface area contributed by atoms with Crippen molar-refractivity contribution in [2.45, 2.75) is 33.2 Å². The van der Waals surface area contributed by atoms with E-state index in [1.54, 1.807) is 11.3 Å². The molecule has 0 amide bonds. The molecule has 0 aromatic carbocycles. The molecule has 0 saturated heterocycles. The largest absolute Gasteiger partial charge is 0.363 e. The standard InChI is InChI=1S/C13H16FN3S/c1-3-9-5-6-18-11(9)7-15-13-12(14)10(4-2)16-8-17-13/h5-6,8H,3-4,7H2,1-2H3,(H,15,16,17). The summed E-state index contributed by atoms with van der Waals surface area (Å²) in [6.07, 6.45) is 2.97. The van der Waals surface area contributed by atoms with Crippen molar-refractivity contribution >= 4 is 17.2 Å². The van der Waals surface area contributed by atoms with Crippen LogP contribution in [0.2, 0.25) is 0 Å². The molecule has 0 unspecified atom stereocenters. The second-order valence-corrected chi connectivity index (χ2v) is 4.91. The molecular formula is C13H16FN3S. The van der Waals surface area contributed by atoms with Crippen molar-refractivity contribution in [1.29, 1.82) is 0 Å². The van der Waals surface area contributed by atoms with Crippen molar-refractivity contribution in [3.8, 4) is 0 Å². The van der Waals surface area contributed by atoms with Crippen LogP contribution in [0.25, 0.3) is 0 Å². The Labute approximate surface area is 110 Å². The second kappa shape index (κ2) is 5.91. The van der Waals surface area contributed by atoms with Gasteiger partial charge in [0.2, 0.25) is 0 Å². The first-order chi connectivity index (χ1) is 8.76. The summed E-state index contributed by atoms with van der Waals surface area (Å²) in [6, 6.07) is 2.11. The number of hydrogen-bond acceptors (Lipinski definition) is 4. The van der Waals surface area contributed by atoms with Crippen molar-refractivity contribution in [3.05, 3.63) is 39.7 Å². The fourth-order valence-corrected chi connectivity index (χ4v) is 2.69. The molecule has 0 spiro atoms. The predicted molar refractivity (Wildman–Crippen MR) is 72.4 cm³/mol. The first-order valence-corrected chi connectivity index (χ1v) is 6.92. The first kappa shape index (κ1) is 13.0. The Balaban J connectivity index is 2.11. The average molecular weight is 265 g/mol. The van der Waals surface area contributed by atoms with E-state index < -0.39 is 0 Å². The van der Waals surface area contributed by atoms with Crippen LogP contribution in [-0.4, -0.2) is 9.97 Å². The molecule has 2 aromatic heterocycles. The normalized spacial score (nSPS) is 10.6. The van der Waals surface area contributed by atoms with Crippen molar-refractivity contribution in [1.82, 2.24) is 9.97 Å². The minimum absolute atomic E-state index is 0.289. The number of rotatable bonds is 5. The Morgan fingerprint density at radius 3 is 2.83 bits per heavy atom. The Morgan fingerprint density at radius 2 is 2.11 bits per heavy atom. The molecule has 96 valence electrons. The second-order valence-electron chi connectivity index (χ2n) is 3.91. The van der Waals surface area contributed by atoms with Gasteiger partial charge in [0, 0.05) is 4.88 Å². The van der Waals surface area contributed by atoms with Gasteiger partial charge in [-0.05, 0) is 29.9 Å². The van der Waals surface area contributed by atoms with Crippen LogP contribution in [0.15, 0.2) is 17.8 Å². The Kier molecular flexibility index (Phi) is 4.25. The van der Waals surface area contributed by atoms with Gasteiger partial charge in [0.1, 0.15) is 6.33 Å². The van der Waals surface area contributed by atoms with Crippen LogP contribution in [0.5, 0.6) is 0 Å². The van der Waals surface area contributed by atoms with Gasteiger partial charge in [-0.15, -0.1) is 11.3 Å². The Hall–Kier alpha value is -1.49. The summed E-state index contributed by atoms with van der Waals surface area (Å²) in [5, 5.41) is 5.11. The molecule has 2 aromatic rings. The molecule has 0 aliphatic carbocycles. The monoisotopic (exact) mass is 265 g/mol. The maximum absolute atomic E-state index is 13.9. The van der Waals surface area contributed by atoms with Gasteiger partial charge in [-0.2, -0.15) is 0 Å². The molecule has 1 N–H and O–H groups in total. The molecule has 5 heteroatoms. The van der Waals surface area contributed by atoms with Gasteiger partial charge in [-0.25, -0.2) is 14.4 Å². The van der Waals surface area contributed by atoms with E-state index in [1.165, 1.54) is 16.8 Å². The summed E-state index contributed by atoms with van der Waals surface area (Å²) in [5.74, 6) is -0.0492. The van der Waals surface area contributed by atoms with E-state index in [1.807, 2.05) is 6.92 Å². The number of aryl methyl sites for hydroxylation is 2. The van der Waals surface area contributed by atoms with Crippen LogP contribution >= 0.6 is 11.3 Å².